The fourth-order valence-electron chi connectivity index (χ4n) is 1.74. The highest BCUT2D eigenvalue weighted by Crippen LogP contribution is 2.25. The molecule has 7 heteroatoms. The van der Waals surface area contributed by atoms with Crippen LogP contribution in [0.2, 0.25) is 0 Å². The van der Waals surface area contributed by atoms with Crippen molar-refractivity contribution in [3.63, 3.8) is 0 Å². The van der Waals surface area contributed by atoms with Gasteiger partial charge in [-0.05, 0) is 26.8 Å². The van der Waals surface area contributed by atoms with Crippen molar-refractivity contribution in [2.75, 3.05) is 7.11 Å². The van der Waals surface area contributed by atoms with Gasteiger partial charge in [-0.15, -0.1) is 0 Å². The van der Waals surface area contributed by atoms with Crippen LogP contribution in [0, 0.1) is 10.1 Å². The summed E-state index contributed by atoms with van der Waals surface area (Å²) < 4.78 is 10.3. The molecule has 1 rings (SSSR count). The number of carbonyl (C=O) groups is 1. The van der Waals surface area contributed by atoms with Gasteiger partial charge >= 0.3 is 5.97 Å². The van der Waals surface area contributed by atoms with Gasteiger partial charge in [-0.1, -0.05) is 0 Å². The van der Waals surface area contributed by atoms with Gasteiger partial charge in [0, 0.05) is 24.1 Å². The van der Waals surface area contributed by atoms with Crippen LogP contribution in [-0.4, -0.2) is 29.6 Å². The van der Waals surface area contributed by atoms with Gasteiger partial charge in [0.25, 0.3) is 5.69 Å². The third kappa shape index (κ3) is 5.03. The van der Waals surface area contributed by atoms with Gasteiger partial charge in [-0.2, -0.15) is 0 Å². The van der Waals surface area contributed by atoms with E-state index in [1.165, 1.54) is 25.3 Å². The van der Waals surface area contributed by atoms with Crippen LogP contribution in [0.25, 0.3) is 0 Å². The molecule has 0 aliphatic heterocycles. The molecule has 1 unspecified atom stereocenters. The maximum atomic E-state index is 11.9. The fourth-order valence-corrected chi connectivity index (χ4v) is 1.74. The van der Waals surface area contributed by atoms with Crippen LogP contribution < -0.4 is 10.5 Å². The summed E-state index contributed by atoms with van der Waals surface area (Å²) in [6.45, 7) is 5.22. The molecule has 0 saturated heterocycles. The normalized spacial score (nSPS) is 12.6. The SMILES string of the molecule is COc1ccc([N+](=O)[O-])cc1CC(N)C(=O)OC(C)(C)C. The zero-order valence-electron chi connectivity index (χ0n) is 12.6. The molecule has 0 aromatic heterocycles. The molecule has 2 N–H and O–H groups in total. The third-order valence-electron chi connectivity index (χ3n) is 2.62. The Bertz CT molecular complexity index is 537. The second-order valence-corrected chi connectivity index (χ2v) is 5.60. The number of benzene rings is 1. The number of nitro groups is 1. The number of methoxy groups -OCH3 is 1. The fraction of sp³-hybridized carbons (Fsp3) is 0.500. The molecule has 0 fully saturated rings. The highest BCUT2D eigenvalue weighted by atomic mass is 16.6. The van der Waals surface area contributed by atoms with E-state index in [1.807, 2.05) is 0 Å². The molecule has 0 heterocycles. The molecule has 0 bridgehead atoms. The number of non-ortho nitro benzene ring substituents is 1. The third-order valence-corrected chi connectivity index (χ3v) is 2.62. The Labute approximate surface area is 123 Å². The highest BCUT2D eigenvalue weighted by Gasteiger charge is 2.24. The van der Waals surface area contributed by atoms with Gasteiger partial charge in [0.15, 0.2) is 0 Å². The molecular formula is C14H20N2O5. The first-order valence-electron chi connectivity index (χ1n) is 6.44. The molecule has 21 heavy (non-hydrogen) atoms. The first kappa shape index (κ1) is 16.9. The van der Waals surface area contributed by atoms with Crippen molar-refractivity contribution >= 4 is 11.7 Å². The quantitative estimate of drug-likeness (QED) is 0.505. The largest absolute Gasteiger partial charge is 0.496 e. The van der Waals surface area contributed by atoms with Crippen LogP contribution in [0.1, 0.15) is 26.3 Å². The highest BCUT2D eigenvalue weighted by molar-refractivity contribution is 5.76. The summed E-state index contributed by atoms with van der Waals surface area (Å²) in [6, 6.07) is 3.25. The molecule has 1 aromatic carbocycles. The van der Waals surface area contributed by atoms with Crippen molar-refractivity contribution < 1.29 is 19.2 Å². The summed E-state index contributed by atoms with van der Waals surface area (Å²) in [5.74, 6) is -0.115. The Morgan fingerprint density at radius 2 is 2.05 bits per heavy atom. The van der Waals surface area contributed by atoms with Gasteiger partial charge in [0.05, 0.1) is 12.0 Å². The number of rotatable bonds is 5. The molecule has 116 valence electrons. The lowest BCUT2D eigenvalue weighted by molar-refractivity contribution is -0.384. The molecule has 0 aliphatic carbocycles. The molecular weight excluding hydrogens is 276 g/mol. The van der Waals surface area contributed by atoms with Crippen molar-refractivity contribution in [2.24, 2.45) is 5.73 Å². The molecule has 1 aromatic rings. The predicted molar refractivity (Wildman–Crippen MR) is 77.2 cm³/mol. The Morgan fingerprint density at radius 3 is 2.52 bits per heavy atom. The maximum Gasteiger partial charge on any atom is 0.323 e. The van der Waals surface area contributed by atoms with E-state index in [0.29, 0.717) is 11.3 Å². The van der Waals surface area contributed by atoms with Gasteiger partial charge in [0.1, 0.15) is 17.4 Å². The van der Waals surface area contributed by atoms with Crippen molar-refractivity contribution in [2.45, 2.75) is 38.8 Å². The average molecular weight is 296 g/mol. The summed E-state index contributed by atoms with van der Waals surface area (Å²) in [5, 5.41) is 10.8. The minimum Gasteiger partial charge on any atom is -0.496 e. The van der Waals surface area contributed by atoms with Crippen LogP contribution in [0.3, 0.4) is 0 Å². The number of nitrogens with two attached hydrogens (primary N) is 1. The molecule has 0 amide bonds. The number of carbonyl (C=O) groups excluding carboxylic acids is 1. The summed E-state index contributed by atoms with van der Waals surface area (Å²) in [7, 11) is 1.45. The predicted octanol–water partition coefficient (Wildman–Crippen LogP) is 1.81. The smallest absolute Gasteiger partial charge is 0.323 e. The van der Waals surface area contributed by atoms with E-state index in [0.717, 1.165) is 0 Å². The summed E-state index contributed by atoms with van der Waals surface area (Å²) in [4.78, 5) is 22.1. The van der Waals surface area contributed by atoms with Crippen LogP contribution in [0.4, 0.5) is 5.69 Å². The Balaban J connectivity index is 2.92. The average Bonchev–Trinajstić information content (AvgIpc) is 2.36. The summed E-state index contributed by atoms with van der Waals surface area (Å²) in [5.41, 5.74) is 5.58. The molecule has 0 spiro atoms. The molecule has 1 atom stereocenters. The number of hydrogen-bond acceptors (Lipinski definition) is 6. The van der Waals surface area contributed by atoms with E-state index < -0.39 is 22.5 Å². The number of hydrogen-bond donors (Lipinski definition) is 1. The van der Waals surface area contributed by atoms with Crippen molar-refractivity contribution in [1.29, 1.82) is 0 Å². The van der Waals surface area contributed by atoms with Gasteiger partial charge < -0.3 is 15.2 Å². The van der Waals surface area contributed by atoms with Crippen LogP contribution in [-0.2, 0) is 16.0 Å². The van der Waals surface area contributed by atoms with Crippen LogP contribution in [0.15, 0.2) is 18.2 Å². The zero-order valence-corrected chi connectivity index (χ0v) is 12.6. The van der Waals surface area contributed by atoms with Crippen molar-refractivity contribution in [3.05, 3.63) is 33.9 Å². The van der Waals surface area contributed by atoms with Crippen molar-refractivity contribution in [3.8, 4) is 5.75 Å². The van der Waals surface area contributed by atoms with Crippen LogP contribution >= 0.6 is 0 Å². The zero-order chi connectivity index (χ0) is 16.2. The topological polar surface area (TPSA) is 105 Å². The molecule has 7 nitrogen and oxygen atoms in total. The Morgan fingerprint density at radius 1 is 1.43 bits per heavy atom. The first-order valence-corrected chi connectivity index (χ1v) is 6.44. The number of ether oxygens (including phenoxy) is 2. The molecule has 0 radical (unpaired) electrons. The Kier molecular flexibility index (Phi) is 5.26. The minimum atomic E-state index is -0.917. The van der Waals surface area contributed by atoms with E-state index in [-0.39, 0.29) is 12.1 Å². The van der Waals surface area contributed by atoms with E-state index >= 15 is 0 Å². The van der Waals surface area contributed by atoms with Crippen LogP contribution in [0.5, 0.6) is 5.75 Å². The van der Waals surface area contributed by atoms with E-state index in [9.17, 15) is 14.9 Å². The lowest BCUT2D eigenvalue weighted by Crippen LogP contribution is -2.38. The molecule has 0 saturated carbocycles. The summed E-state index contributed by atoms with van der Waals surface area (Å²) in [6.07, 6.45) is 0.0970. The second kappa shape index (κ2) is 6.53. The first-order chi connectivity index (χ1) is 9.64. The second-order valence-electron chi connectivity index (χ2n) is 5.60. The lowest BCUT2D eigenvalue weighted by atomic mass is 10.0. The number of nitrogens with zero attached hydrogens (tertiary/aromatic N) is 1. The van der Waals surface area contributed by atoms with Gasteiger partial charge in [-0.25, -0.2) is 0 Å². The monoisotopic (exact) mass is 296 g/mol. The summed E-state index contributed by atoms with van der Waals surface area (Å²) >= 11 is 0. The van der Waals surface area contributed by atoms with Gasteiger partial charge in [-0.3, -0.25) is 14.9 Å². The minimum absolute atomic E-state index is 0.0813. The van der Waals surface area contributed by atoms with Gasteiger partial charge in [0.2, 0.25) is 0 Å². The molecule has 0 aliphatic rings. The maximum absolute atomic E-state index is 11.9. The lowest BCUT2D eigenvalue weighted by Gasteiger charge is -2.22. The Hall–Kier alpha value is -2.15. The van der Waals surface area contributed by atoms with E-state index in [1.54, 1.807) is 20.8 Å². The van der Waals surface area contributed by atoms with E-state index in [2.05, 4.69) is 0 Å². The van der Waals surface area contributed by atoms with Crippen molar-refractivity contribution in [1.82, 2.24) is 0 Å². The standard InChI is InChI=1S/C14H20N2O5/c1-14(2,3)21-13(17)11(15)8-9-7-10(16(18)19)5-6-12(9)20-4/h5-7,11H,8,15H2,1-4H3. The van der Waals surface area contributed by atoms with E-state index in [4.69, 9.17) is 15.2 Å². The number of nitro benzene ring substituents is 1. The number of esters is 1.